The second-order valence-electron chi connectivity index (χ2n) is 10.7. The molecule has 4 aromatic rings. The van der Waals surface area contributed by atoms with E-state index in [2.05, 4.69) is 42.1 Å². The lowest BCUT2D eigenvalue weighted by Crippen LogP contribution is -2.50. The van der Waals surface area contributed by atoms with Crippen LogP contribution in [0.25, 0.3) is 22.3 Å². The van der Waals surface area contributed by atoms with Gasteiger partial charge in [-0.2, -0.15) is 0 Å². The van der Waals surface area contributed by atoms with E-state index in [-0.39, 0.29) is 17.8 Å². The molecule has 1 aliphatic heterocycles. The fraction of sp³-hybridized carbons (Fsp3) is 0.393. The number of benzene rings is 1. The quantitative estimate of drug-likeness (QED) is 0.314. The topological polar surface area (TPSA) is 112 Å². The molecule has 1 unspecified atom stereocenters. The lowest BCUT2D eigenvalue weighted by Gasteiger charge is -2.38. The van der Waals surface area contributed by atoms with Gasteiger partial charge in [0, 0.05) is 44.0 Å². The van der Waals surface area contributed by atoms with Gasteiger partial charge in [0.2, 0.25) is 5.95 Å². The monoisotopic (exact) mass is 550 g/mol. The number of ether oxygens (including phenoxy) is 1. The molecule has 1 atom stereocenters. The van der Waals surface area contributed by atoms with Crippen LogP contribution in [0.4, 0.5) is 25.3 Å². The highest BCUT2D eigenvalue weighted by molar-refractivity contribution is 5.83. The third kappa shape index (κ3) is 6.33. The molecule has 1 saturated heterocycles. The Morgan fingerprint density at radius 1 is 1.05 bits per heavy atom. The third-order valence-corrected chi connectivity index (χ3v) is 6.72. The zero-order chi connectivity index (χ0) is 28.4. The van der Waals surface area contributed by atoms with Crippen molar-refractivity contribution in [2.45, 2.75) is 45.8 Å². The average Bonchev–Trinajstić information content (AvgIpc) is 3.33. The van der Waals surface area contributed by atoms with Crippen LogP contribution in [0.1, 0.15) is 51.4 Å². The van der Waals surface area contributed by atoms with Crippen LogP contribution in [-0.4, -0.2) is 72.6 Å². The molecule has 2 N–H and O–H groups in total. The lowest BCUT2D eigenvalue weighted by molar-refractivity contribution is 0.0110. The summed E-state index contributed by atoms with van der Waals surface area (Å²) in [6, 6.07) is 10.8. The van der Waals surface area contributed by atoms with E-state index in [1.54, 1.807) is 23.2 Å². The van der Waals surface area contributed by atoms with E-state index in [4.69, 9.17) is 4.74 Å². The lowest BCUT2D eigenvalue weighted by atomic mass is 10.1. The molecule has 5 rings (SSSR count). The van der Waals surface area contributed by atoms with Gasteiger partial charge in [-0.15, -0.1) is 0 Å². The Bertz CT molecular complexity index is 1500. The standard InChI is InChI=1S/C28H32F2N8O2/c1-17(37-9-11-38(12-10-37)27(39)40-28(2,3)4)18-7-8-31-24(14-18)36-26-34-20-6-5-19(13-22(20)35-26)21-15-23(25(29)30)33-16-32-21/h5-8,13-17,25H,9-12H2,1-4H3,(H2,31,34,35,36). The Kier molecular flexibility index (Phi) is 7.61. The molecule has 210 valence electrons. The second-order valence-corrected chi connectivity index (χ2v) is 10.7. The first-order valence-corrected chi connectivity index (χ1v) is 13.1. The molecule has 1 aliphatic rings. The predicted octanol–water partition coefficient (Wildman–Crippen LogP) is 5.71. The Morgan fingerprint density at radius 2 is 1.82 bits per heavy atom. The number of halogens is 2. The van der Waals surface area contributed by atoms with Crippen LogP contribution in [-0.2, 0) is 4.74 Å². The molecule has 3 aromatic heterocycles. The van der Waals surface area contributed by atoms with Crippen molar-refractivity contribution in [1.82, 2.24) is 34.7 Å². The zero-order valence-corrected chi connectivity index (χ0v) is 22.9. The Morgan fingerprint density at radius 3 is 2.55 bits per heavy atom. The SMILES string of the molecule is CC(c1ccnc(Nc2nc3ccc(-c4cc(C(F)F)ncn4)cc3[nH]2)c1)N1CCN(C(=O)OC(C)(C)C)CC1. The molecule has 4 heterocycles. The van der Waals surface area contributed by atoms with Crippen LogP contribution < -0.4 is 5.32 Å². The number of imidazole rings is 1. The maximum atomic E-state index is 13.1. The summed E-state index contributed by atoms with van der Waals surface area (Å²) in [6.45, 7) is 10.4. The number of carbonyl (C=O) groups is 1. The molecule has 40 heavy (non-hydrogen) atoms. The number of nitrogens with zero attached hydrogens (tertiary/aromatic N) is 6. The molecule has 12 heteroatoms. The summed E-state index contributed by atoms with van der Waals surface area (Å²) >= 11 is 0. The molecule has 1 amide bonds. The molecule has 0 aliphatic carbocycles. The summed E-state index contributed by atoms with van der Waals surface area (Å²) < 4.78 is 31.6. The number of piperazine rings is 1. The van der Waals surface area contributed by atoms with Gasteiger partial charge in [-0.3, -0.25) is 4.90 Å². The van der Waals surface area contributed by atoms with Gasteiger partial charge in [0.1, 0.15) is 23.4 Å². The molecule has 0 bridgehead atoms. The number of aromatic amines is 1. The van der Waals surface area contributed by atoms with Crippen LogP contribution in [0.15, 0.2) is 48.9 Å². The van der Waals surface area contributed by atoms with Crippen LogP contribution in [0.3, 0.4) is 0 Å². The molecular formula is C28H32F2N8O2. The van der Waals surface area contributed by atoms with Crippen LogP contribution in [0.2, 0.25) is 0 Å². The maximum Gasteiger partial charge on any atom is 0.410 e. The fourth-order valence-corrected chi connectivity index (χ4v) is 4.60. The molecule has 0 spiro atoms. The van der Waals surface area contributed by atoms with Crippen LogP contribution in [0.5, 0.6) is 0 Å². The normalized spacial score (nSPS) is 15.4. The van der Waals surface area contributed by atoms with Gasteiger partial charge in [-0.05, 0) is 63.6 Å². The number of rotatable bonds is 6. The number of fused-ring (bicyclic) bond motifs is 1. The third-order valence-electron chi connectivity index (χ3n) is 6.72. The van der Waals surface area contributed by atoms with E-state index in [1.165, 1.54) is 6.07 Å². The van der Waals surface area contributed by atoms with Crippen molar-refractivity contribution in [3.8, 4) is 11.3 Å². The van der Waals surface area contributed by atoms with Gasteiger partial charge in [-0.25, -0.2) is 33.5 Å². The number of aromatic nitrogens is 5. The molecule has 1 aromatic carbocycles. The second kappa shape index (κ2) is 11.1. The summed E-state index contributed by atoms with van der Waals surface area (Å²) in [4.78, 5) is 36.5. The highest BCUT2D eigenvalue weighted by Crippen LogP contribution is 2.28. The van der Waals surface area contributed by atoms with E-state index in [0.29, 0.717) is 41.6 Å². The van der Waals surface area contributed by atoms with E-state index >= 15 is 0 Å². The minimum atomic E-state index is -2.67. The summed E-state index contributed by atoms with van der Waals surface area (Å²) in [6.07, 6.45) is -0.0484. The number of amides is 1. The van der Waals surface area contributed by atoms with E-state index < -0.39 is 12.0 Å². The van der Waals surface area contributed by atoms with Gasteiger partial charge < -0.3 is 19.9 Å². The van der Waals surface area contributed by atoms with E-state index in [9.17, 15) is 13.6 Å². The number of pyridine rings is 1. The Balaban J connectivity index is 1.25. The molecular weight excluding hydrogens is 518 g/mol. The maximum absolute atomic E-state index is 13.1. The highest BCUT2D eigenvalue weighted by atomic mass is 19.3. The van der Waals surface area contributed by atoms with Gasteiger partial charge in [0.05, 0.1) is 16.7 Å². The van der Waals surface area contributed by atoms with Gasteiger partial charge in [0.15, 0.2) is 0 Å². The minimum Gasteiger partial charge on any atom is -0.444 e. The van der Waals surface area contributed by atoms with E-state index in [1.807, 2.05) is 39.0 Å². The zero-order valence-electron chi connectivity index (χ0n) is 22.9. The first-order valence-electron chi connectivity index (χ1n) is 13.1. The van der Waals surface area contributed by atoms with Gasteiger partial charge in [-0.1, -0.05) is 6.07 Å². The van der Waals surface area contributed by atoms with Gasteiger partial charge >= 0.3 is 6.09 Å². The Labute approximate surface area is 230 Å². The smallest absolute Gasteiger partial charge is 0.410 e. The number of alkyl halides is 2. The molecule has 1 fully saturated rings. The van der Waals surface area contributed by atoms with Crippen molar-refractivity contribution >= 4 is 28.9 Å². The van der Waals surface area contributed by atoms with Crippen molar-refractivity contribution in [2.75, 3.05) is 31.5 Å². The van der Waals surface area contributed by atoms with Crippen LogP contribution >= 0.6 is 0 Å². The number of hydrogen-bond donors (Lipinski definition) is 2. The predicted molar refractivity (Wildman–Crippen MR) is 147 cm³/mol. The molecule has 0 radical (unpaired) electrons. The van der Waals surface area contributed by atoms with Crippen molar-refractivity contribution in [2.24, 2.45) is 0 Å². The number of anilines is 2. The fourth-order valence-electron chi connectivity index (χ4n) is 4.60. The first kappa shape index (κ1) is 27.4. The number of nitrogens with one attached hydrogen (secondary N) is 2. The molecule has 10 nitrogen and oxygen atoms in total. The summed E-state index contributed by atoms with van der Waals surface area (Å²) in [7, 11) is 0. The Hall–Kier alpha value is -4.19. The van der Waals surface area contributed by atoms with Crippen molar-refractivity contribution in [3.63, 3.8) is 0 Å². The summed E-state index contributed by atoms with van der Waals surface area (Å²) in [5.41, 5.74) is 2.77. The largest absolute Gasteiger partial charge is 0.444 e. The van der Waals surface area contributed by atoms with Gasteiger partial charge in [0.25, 0.3) is 6.43 Å². The number of carbonyl (C=O) groups excluding carboxylic acids is 1. The average molecular weight is 551 g/mol. The minimum absolute atomic E-state index is 0.119. The van der Waals surface area contributed by atoms with Crippen molar-refractivity contribution < 1.29 is 18.3 Å². The first-order chi connectivity index (χ1) is 19.1. The summed E-state index contributed by atoms with van der Waals surface area (Å²) in [5, 5.41) is 3.23. The summed E-state index contributed by atoms with van der Waals surface area (Å²) in [5.74, 6) is 1.14. The highest BCUT2D eigenvalue weighted by Gasteiger charge is 2.28. The van der Waals surface area contributed by atoms with Crippen molar-refractivity contribution in [3.05, 3.63) is 60.2 Å². The van der Waals surface area contributed by atoms with Crippen molar-refractivity contribution in [1.29, 1.82) is 0 Å². The number of hydrogen-bond acceptors (Lipinski definition) is 8. The van der Waals surface area contributed by atoms with E-state index in [0.717, 1.165) is 30.5 Å². The number of H-pyrrole nitrogens is 1. The molecule has 0 saturated carbocycles. The van der Waals surface area contributed by atoms with Crippen LogP contribution in [0, 0.1) is 0 Å².